The first-order valence-corrected chi connectivity index (χ1v) is 4.85. The van der Waals surface area contributed by atoms with Crippen molar-refractivity contribution in [1.29, 1.82) is 0 Å². The average Bonchev–Trinajstić information content (AvgIpc) is 2.69. The fourth-order valence-corrected chi connectivity index (χ4v) is 1.57. The molecule has 0 radical (unpaired) electrons. The number of alkyl halides is 3. The number of aromatic nitrogens is 1. The molecule has 0 bridgehead atoms. The molecule has 5 heteroatoms. The molecule has 0 unspecified atom stereocenters. The van der Waals surface area contributed by atoms with Crippen molar-refractivity contribution in [3.8, 4) is 0 Å². The molecule has 0 aliphatic carbocycles. The molecule has 1 heterocycles. The molecule has 0 aliphatic heterocycles. The van der Waals surface area contributed by atoms with Crippen LogP contribution in [-0.4, -0.2) is 12.1 Å². The van der Waals surface area contributed by atoms with Crippen LogP contribution >= 0.6 is 0 Å². The molecule has 0 aliphatic rings. The smallest absolute Gasteiger partial charge is 0.416 e. The summed E-state index contributed by atoms with van der Waals surface area (Å²) >= 11 is 0. The first-order valence-electron chi connectivity index (χ1n) is 4.85. The molecule has 2 nitrogen and oxygen atoms in total. The number of H-pyrrole nitrogens is 1. The minimum atomic E-state index is -4.33. The molecular weight excluding hydrogens is 231 g/mol. The number of rotatable bonds is 2. The van der Waals surface area contributed by atoms with Gasteiger partial charge in [-0.15, -0.1) is 0 Å². The number of fused-ring (bicyclic) bond motifs is 1. The molecular formula is C12H10F3NO. The molecule has 2 rings (SSSR count). The van der Waals surface area contributed by atoms with Gasteiger partial charge >= 0.3 is 6.18 Å². The number of hydrogen-bond donors (Lipinski definition) is 1. The van der Waals surface area contributed by atoms with E-state index in [2.05, 4.69) is 11.6 Å². The summed E-state index contributed by atoms with van der Waals surface area (Å²) in [6.45, 7) is 3.63. The standard InChI is InChI=1S/C12H10F3NO/c1-7(17-2)11-6-8-5-9(12(13,14)15)3-4-10(8)16-11/h3-6,16H,1H2,2H3. The van der Waals surface area contributed by atoms with E-state index in [-0.39, 0.29) is 0 Å². The van der Waals surface area contributed by atoms with Crippen LogP contribution in [0.15, 0.2) is 30.8 Å². The van der Waals surface area contributed by atoms with E-state index in [1.165, 1.54) is 13.2 Å². The second kappa shape index (κ2) is 3.84. The Balaban J connectivity index is 2.52. The van der Waals surface area contributed by atoms with Gasteiger partial charge in [0.05, 0.1) is 18.4 Å². The molecule has 0 fully saturated rings. The SMILES string of the molecule is C=C(OC)c1cc2cc(C(F)(F)F)ccc2[nH]1. The number of hydrogen-bond acceptors (Lipinski definition) is 1. The number of aromatic amines is 1. The Bertz CT molecular complexity index is 569. The summed E-state index contributed by atoms with van der Waals surface area (Å²) < 4.78 is 42.4. The summed E-state index contributed by atoms with van der Waals surface area (Å²) in [6, 6.07) is 5.11. The second-order valence-electron chi connectivity index (χ2n) is 3.61. The molecule has 17 heavy (non-hydrogen) atoms. The van der Waals surface area contributed by atoms with Gasteiger partial charge in [-0.2, -0.15) is 13.2 Å². The summed E-state index contributed by atoms with van der Waals surface area (Å²) in [7, 11) is 1.45. The molecule has 2 aromatic rings. The van der Waals surface area contributed by atoms with E-state index in [0.29, 0.717) is 22.4 Å². The van der Waals surface area contributed by atoms with Crippen LogP contribution in [0.4, 0.5) is 13.2 Å². The summed E-state index contributed by atoms with van der Waals surface area (Å²) in [4.78, 5) is 2.93. The lowest BCUT2D eigenvalue weighted by molar-refractivity contribution is -0.137. The van der Waals surface area contributed by atoms with Crippen LogP contribution in [0.2, 0.25) is 0 Å². The van der Waals surface area contributed by atoms with Crippen LogP contribution in [0.3, 0.4) is 0 Å². The van der Waals surface area contributed by atoms with E-state index < -0.39 is 11.7 Å². The van der Waals surface area contributed by atoms with E-state index in [0.717, 1.165) is 12.1 Å². The third kappa shape index (κ3) is 2.13. The van der Waals surface area contributed by atoms with Crippen LogP contribution in [-0.2, 0) is 10.9 Å². The third-order valence-corrected chi connectivity index (χ3v) is 2.49. The number of ether oxygens (including phenoxy) is 1. The molecule has 1 N–H and O–H groups in total. The highest BCUT2D eigenvalue weighted by atomic mass is 19.4. The Kier molecular flexibility index (Phi) is 2.61. The van der Waals surface area contributed by atoms with Crippen LogP contribution in [0.5, 0.6) is 0 Å². The highest BCUT2D eigenvalue weighted by Crippen LogP contribution is 2.32. The maximum Gasteiger partial charge on any atom is 0.416 e. The lowest BCUT2D eigenvalue weighted by Crippen LogP contribution is -2.03. The zero-order valence-corrected chi connectivity index (χ0v) is 9.06. The van der Waals surface area contributed by atoms with Crippen molar-refractivity contribution in [2.45, 2.75) is 6.18 Å². The van der Waals surface area contributed by atoms with Gasteiger partial charge in [0.15, 0.2) is 0 Å². The Morgan fingerprint density at radius 3 is 2.59 bits per heavy atom. The van der Waals surface area contributed by atoms with Gasteiger partial charge in [0, 0.05) is 10.9 Å². The van der Waals surface area contributed by atoms with Crippen LogP contribution in [0.25, 0.3) is 16.7 Å². The van der Waals surface area contributed by atoms with Gasteiger partial charge in [0.1, 0.15) is 5.76 Å². The van der Waals surface area contributed by atoms with Crippen molar-refractivity contribution < 1.29 is 17.9 Å². The second-order valence-corrected chi connectivity index (χ2v) is 3.61. The minimum absolute atomic E-state index is 0.384. The monoisotopic (exact) mass is 241 g/mol. The number of methoxy groups -OCH3 is 1. The van der Waals surface area contributed by atoms with Gasteiger partial charge in [-0.25, -0.2) is 0 Å². The van der Waals surface area contributed by atoms with Gasteiger partial charge in [0.2, 0.25) is 0 Å². The van der Waals surface area contributed by atoms with Crippen molar-refractivity contribution in [1.82, 2.24) is 4.98 Å². The maximum absolute atomic E-state index is 12.5. The molecule has 0 saturated heterocycles. The summed E-state index contributed by atoms with van der Waals surface area (Å²) in [5.74, 6) is 0.384. The number of benzene rings is 1. The average molecular weight is 241 g/mol. The highest BCUT2D eigenvalue weighted by molar-refractivity contribution is 5.84. The fourth-order valence-electron chi connectivity index (χ4n) is 1.57. The van der Waals surface area contributed by atoms with Crippen LogP contribution < -0.4 is 0 Å². The molecule has 90 valence electrons. The van der Waals surface area contributed by atoms with E-state index in [1.807, 2.05) is 0 Å². The molecule has 0 saturated carbocycles. The van der Waals surface area contributed by atoms with Gasteiger partial charge in [-0.3, -0.25) is 0 Å². The maximum atomic E-state index is 12.5. The Morgan fingerprint density at radius 2 is 2.00 bits per heavy atom. The van der Waals surface area contributed by atoms with Gasteiger partial charge in [0.25, 0.3) is 0 Å². The number of halogens is 3. The lowest BCUT2D eigenvalue weighted by atomic mass is 10.1. The van der Waals surface area contributed by atoms with Crippen LogP contribution in [0.1, 0.15) is 11.3 Å². The predicted molar refractivity (Wildman–Crippen MR) is 59.3 cm³/mol. The van der Waals surface area contributed by atoms with Crippen molar-refractivity contribution in [2.75, 3.05) is 7.11 Å². The highest BCUT2D eigenvalue weighted by Gasteiger charge is 2.30. The first-order chi connectivity index (χ1) is 7.91. The summed E-state index contributed by atoms with van der Waals surface area (Å²) in [5, 5.41) is 0.480. The lowest BCUT2D eigenvalue weighted by Gasteiger charge is -2.05. The number of nitrogens with one attached hydrogen (secondary N) is 1. The predicted octanol–water partition coefficient (Wildman–Crippen LogP) is 3.80. The Labute approximate surface area is 95.7 Å². The largest absolute Gasteiger partial charge is 0.495 e. The minimum Gasteiger partial charge on any atom is -0.495 e. The quantitative estimate of drug-likeness (QED) is 0.795. The zero-order chi connectivity index (χ0) is 12.6. The van der Waals surface area contributed by atoms with E-state index >= 15 is 0 Å². The molecule has 1 aromatic carbocycles. The van der Waals surface area contributed by atoms with Gasteiger partial charge in [-0.05, 0) is 24.3 Å². The molecule has 0 spiro atoms. The Hall–Kier alpha value is -1.91. The van der Waals surface area contributed by atoms with Crippen LogP contribution in [0, 0.1) is 0 Å². The van der Waals surface area contributed by atoms with Gasteiger partial charge < -0.3 is 9.72 Å². The normalized spacial score (nSPS) is 11.8. The van der Waals surface area contributed by atoms with E-state index in [9.17, 15) is 13.2 Å². The zero-order valence-electron chi connectivity index (χ0n) is 9.06. The topological polar surface area (TPSA) is 25.0 Å². The fraction of sp³-hybridized carbons (Fsp3) is 0.167. The molecule has 0 atom stereocenters. The Morgan fingerprint density at radius 1 is 1.29 bits per heavy atom. The summed E-state index contributed by atoms with van der Waals surface area (Å²) in [5.41, 5.74) is 0.520. The molecule has 0 amide bonds. The first kappa shape index (κ1) is 11.6. The van der Waals surface area contributed by atoms with Crippen molar-refractivity contribution in [3.05, 3.63) is 42.1 Å². The van der Waals surface area contributed by atoms with Crippen molar-refractivity contribution in [2.24, 2.45) is 0 Å². The molecule has 1 aromatic heterocycles. The van der Waals surface area contributed by atoms with E-state index in [4.69, 9.17) is 4.74 Å². The third-order valence-electron chi connectivity index (χ3n) is 2.49. The van der Waals surface area contributed by atoms with E-state index in [1.54, 1.807) is 6.07 Å². The summed E-state index contributed by atoms with van der Waals surface area (Å²) in [6.07, 6.45) is -4.33. The van der Waals surface area contributed by atoms with Gasteiger partial charge in [-0.1, -0.05) is 6.58 Å². The van der Waals surface area contributed by atoms with Crippen molar-refractivity contribution in [3.63, 3.8) is 0 Å². The van der Waals surface area contributed by atoms with Crippen molar-refractivity contribution >= 4 is 16.7 Å².